The van der Waals surface area contributed by atoms with E-state index in [4.69, 9.17) is 10.2 Å². The molecule has 0 aliphatic heterocycles. The van der Waals surface area contributed by atoms with E-state index in [-0.39, 0.29) is 11.8 Å². The SMILES string of the molecule is O=C(O)C=CC(=O)NCCCCCCCCCCCCNC(=O)C=CC(=O)O. The summed E-state index contributed by atoms with van der Waals surface area (Å²) >= 11 is 0. The Balaban J connectivity index is 3.30. The average Bonchev–Trinajstić information content (AvgIpc) is 2.64. The van der Waals surface area contributed by atoms with E-state index in [1.54, 1.807) is 0 Å². The van der Waals surface area contributed by atoms with Crippen molar-refractivity contribution in [3.8, 4) is 0 Å². The van der Waals surface area contributed by atoms with E-state index in [0.29, 0.717) is 13.1 Å². The second kappa shape index (κ2) is 17.8. The van der Waals surface area contributed by atoms with Gasteiger partial charge in [-0.25, -0.2) is 9.59 Å². The van der Waals surface area contributed by atoms with Crippen molar-refractivity contribution >= 4 is 23.8 Å². The van der Waals surface area contributed by atoms with Gasteiger partial charge in [-0.05, 0) is 12.8 Å². The van der Waals surface area contributed by atoms with Gasteiger partial charge < -0.3 is 20.8 Å². The Kier molecular flexibility index (Phi) is 16.1. The standard InChI is InChI=1S/C20H32N2O6/c23-17(11-13-19(25)26)21-15-9-7-5-3-1-2-4-6-8-10-16-22-18(24)12-14-20(27)28/h11-14H,1-10,15-16H2,(H,21,23)(H,22,24)(H,25,26)(H,27,28). The molecule has 0 spiro atoms. The van der Waals surface area contributed by atoms with Crippen LogP contribution < -0.4 is 10.6 Å². The third kappa shape index (κ3) is 19.7. The molecular weight excluding hydrogens is 364 g/mol. The van der Waals surface area contributed by atoms with Gasteiger partial charge in [0.2, 0.25) is 11.8 Å². The van der Waals surface area contributed by atoms with E-state index in [1.807, 2.05) is 0 Å². The molecule has 0 aromatic rings. The Morgan fingerprint density at radius 3 is 1.07 bits per heavy atom. The predicted molar refractivity (Wildman–Crippen MR) is 106 cm³/mol. The number of unbranched alkanes of at least 4 members (excludes halogenated alkanes) is 9. The van der Waals surface area contributed by atoms with Gasteiger partial charge in [0.25, 0.3) is 0 Å². The lowest BCUT2D eigenvalue weighted by Gasteiger charge is -2.04. The third-order valence-corrected chi connectivity index (χ3v) is 3.96. The van der Waals surface area contributed by atoms with Crippen molar-refractivity contribution in [3.05, 3.63) is 24.3 Å². The first-order valence-corrected chi connectivity index (χ1v) is 9.79. The van der Waals surface area contributed by atoms with Gasteiger partial charge >= 0.3 is 11.9 Å². The van der Waals surface area contributed by atoms with Crippen LogP contribution in [0.2, 0.25) is 0 Å². The van der Waals surface area contributed by atoms with Crippen LogP contribution in [0.4, 0.5) is 0 Å². The number of rotatable bonds is 17. The first-order valence-electron chi connectivity index (χ1n) is 9.79. The molecule has 0 saturated heterocycles. The molecule has 2 amide bonds. The minimum absolute atomic E-state index is 0.376. The summed E-state index contributed by atoms with van der Waals surface area (Å²) in [5.41, 5.74) is 0. The summed E-state index contributed by atoms with van der Waals surface area (Å²) < 4.78 is 0. The van der Waals surface area contributed by atoms with Crippen LogP contribution >= 0.6 is 0 Å². The summed E-state index contributed by atoms with van der Waals surface area (Å²) in [6.45, 7) is 1.12. The van der Waals surface area contributed by atoms with Crippen molar-refractivity contribution in [1.82, 2.24) is 10.6 Å². The highest BCUT2D eigenvalue weighted by Gasteiger charge is 1.98. The third-order valence-electron chi connectivity index (χ3n) is 3.96. The topological polar surface area (TPSA) is 133 Å². The number of carbonyl (C=O) groups is 4. The fourth-order valence-electron chi connectivity index (χ4n) is 2.50. The van der Waals surface area contributed by atoms with Gasteiger partial charge in [0.1, 0.15) is 0 Å². The molecular formula is C20H32N2O6. The normalized spacial score (nSPS) is 11.0. The molecule has 0 saturated carbocycles. The van der Waals surface area contributed by atoms with Crippen LogP contribution in [-0.4, -0.2) is 47.1 Å². The Bertz CT molecular complexity index is 495. The first kappa shape index (κ1) is 25.4. The highest BCUT2D eigenvalue weighted by atomic mass is 16.4. The van der Waals surface area contributed by atoms with Gasteiger partial charge in [0.05, 0.1) is 0 Å². The molecule has 8 heteroatoms. The van der Waals surface area contributed by atoms with Crippen molar-refractivity contribution in [1.29, 1.82) is 0 Å². The van der Waals surface area contributed by atoms with Crippen LogP contribution in [0.5, 0.6) is 0 Å². The molecule has 0 fully saturated rings. The second-order valence-electron chi connectivity index (χ2n) is 6.46. The maximum atomic E-state index is 11.2. The molecule has 0 unspecified atom stereocenters. The Hall–Kier alpha value is -2.64. The monoisotopic (exact) mass is 396 g/mol. The Morgan fingerprint density at radius 2 is 0.786 bits per heavy atom. The summed E-state index contributed by atoms with van der Waals surface area (Å²) in [6.07, 6.45) is 14.5. The van der Waals surface area contributed by atoms with E-state index >= 15 is 0 Å². The molecule has 4 N–H and O–H groups in total. The van der Waals surface area contributed by atoms with Crippen LogP contribution in [0.15, 0.2) is 24.3 Å². The van der Waals surface area contributed by atoms with Crippen molar-refractivity contribution in [3.63, 3.8) is 0 Å². The zero-order chi connectivity index (χ0) is 21.0. The van der Waals surface area contributed by atoms with E-state index in [0.717, 1.165) is 62.8 Å². The number of amides is 2. The number of nitrogens with one attached hydrogen (secondary N) is 2. The summed E-state index contributed by atoms with van der Waals surface area (Å²) in [5.74, 6) is -3.02. The quantitative estimate of drug-likeness (QED) is 0.220. The minimum Gasteiger partial charge on any atom is -0.478 e. The maximum Gasteiger partial charge on any atom is 0.328 e. The molecule has 0 aromatic heterocycles. The highest BCUT2D eigenvalue weighted by Crippen LogP contribution is 2.10. The van der Waals surface area contributed by atoms with Crippen LogP contribution in [-0.2, 0) is 19.2 Å². The fourth-order valence-corrected chi connectivity index (χ4v) is 2.50. The summed E-state index contributed by atoms with van der Waals surface area (Å²) in [6, 6.07) is 0. The number of hydrogen-bond donors (Lipinski definition) is 4. The predicted octanol–water partition coefficient (Wildman–Crippen LogP) is 2.40. The highest BCUT2D eigenvalue weighted by molar-refractivity contribution is 5.94. The zero-order valence-electron chi connectivity index (χ0n) is 16.3. The summed E-state index contributed by atoms with van der Waals surface area (Å²) in [5, 5.41) is 22.1. The largest absolute Gasteiger partial charge is 0.478 e. The molecule has 0 aliphatic rings. The first-order chi connectivity index (χ1) is 13.4. The second-order valence-corrected chi connectivity index (χ2v) is 6.46. The lowest BCUT2D eigenvalue weighted by Crippen LogP contribution is -2.22. The van der Waals surface area contributed by atoms with Crippen LogP contribution in [0.25, 0.3) is 0 Å². The Labute approximate surface area is 166 Å². The van der Waals surface area contributed by atoms with Crippen molar-refractivity contribution in [2.45, 2.75) is 64.2 Å². The number of carbonyl (C=O) groups excluding carboxylic acids is 2. The lowest BCUT2D eigenvalue weighted by molar-refractivity contribution is -0.132. The molecule has 28 heavy (non-hydrogen) atoms. The van der Waals surface area contributed by atoms with Gasteiger partial charge in [0.15, 0.2) is 0 Å². The van der Waals surface area contributed by atoms with Gasteiger partial charge in [-0.1, -0.05) is 51.4 Å². The molecule has 0 radical (unpaired) electrons. The van der Waals surface area contributed by atoms with Gasteiger partial charge in [0, 0.05) is 37.4 Å². The smallest absolute Gasteiger partial charge is 0.328 e. The number of carboxylic acids is 2. The van der Waals surface area contributed by atoms with Gasteiger partial charge in [-0.3, -0.25) is 9.59 Å². The van der Waals surface area contributed by atoms with E-state index in [9.17, 15) is 19.2 Å². The summed E-state index contributed by atoms with van der Waals surface area (Å²) in [4.78, 5) is 43.0. The molecule has 158 valence electrons. The summed E-state index contributed by atoms with van der Waals surface area (Å²) in [7, 11) is 0. The van der Waals surface area contributed by atoms with E-state index < -0.39 is 11.9 Å². The van der Waals surface area contributed by atoms with Gasteiger partial charge in [-0.15, -0.1) is 0 Å². The molecule has 0 aromatic carbocycles. The van der Waals surface area contributed by atoms with E-state index in [1.165, 1.54) is 25.7 Å². The minimum atomic E-state index is -1.13. The van der Waals surface area contributed by atoms with Crippen LogP contribution in [0.3, 0.4) is 0 Å². The van der Waals surface area contributed by atoms with Crippen molar-refractivity contribution in [2.75, 3.05) is 13.1 Å². The molecule has 0 bridgehead atoms. The fraction of sp³-hybridized carbons (Fsp3) is 0.600. The number of hydrogen-bond acceptors (Lipinski definition) is 4. The van der Waals surface area contributed by atoms with Crippen LogP contribution in [0, 0.1) is 0 Å². The van der Waals surface area contributed by atoms with E-state index in [2.05, 4.69) is 10.6 Å². The maximum absolute atomic E-state index is 11.2. The number of aliphatic carboxylic acids is 2. The molecule has 0 atom stereocenters. The lowest BCUT2D eigenvalue weighted by atomic mass is 10.1. The molecule has 8 nitrogen and oxygen atoms in total. The zero-order valence-corrected chi connectivity index (χ0v) is 16.3. The van der Waals surface area contributed by atoms with Gasteiger partial charge in [-0.2, -0.15) is 0 Å². The molecule has 0 rings (SSSR count). The number of carboxylic acid groups (broad SMARTS) is 2. The molecule has 0 aliphatic carbocycles. The van der Waals surface area contributed by atoms with Crippen molar-refractivity contribution < 1.29 is 29.4 Å². The van der Waals surface area contributed by atoms with Crippen LogP contribution in [0.1, 0.15) is 64.2 Å². The van der Waals surface area contributed by atoms with Crippen molar-refractivity contribution in [2.24, 2.45) is 0 Å². The average molecular weight is 396 g/mol. The molecule has 0 heterocycles. The Morgan fingerprint density at radius 1 is 0.500 bits per heavy atom.